The highest BCUT2D eigenvalue weighted by molar-refractivity contribution is 9.10. The lowest BCUT2D eigenvalue weighted by Crippen LogP contribution is -2.37. The van der Waals surface area contributed by atoms with Gasteiger partial charge in [0.25, 0.3) is 5.91 Å². The van der Waals surface area contributed by atoms with Crippen LogP contribution in [0.25, 0.3) is 0 Å². The predicted molar refractivity (Wildman–Crippen MR) is 78.8 cm³/mol. The van der Waals surface area contributed by atoms with Gasteiger partial charge in [-0.3, -0.25) is 9.59 Å². The number of amides is 2. The van der Waals surface area contributed by atoms with Gasteiger partial charge in [0.15, 0.2) is 0 Å². The highest BCUT2D eigenvalue weighted by Gasteiger charge is 2.28. The minimum Gasteiger partial charge on any atom is -0.496 e. The van der Waals surface area contributed by atoms with E-state index in [-0.39, 0.29) is 17.9 Å². The van der Waals surface area contributed by atoms with Gasteiger partial charge in [0.05, 0.1) is 12.7 Å². The van der Waals surface area contributed by atoms with Crippen molar-refractivity contribution >= 4 is 27.7 Å². The second-order valence-electron chi connectivity index (χ2n) is 4.78. The fraction of sp³-hybridized carbons (Fsp3) is 0.429. The molecule has 1 fully saturated rings. The van der Waals surface area contributed by atoms with Gasteiger partial charge in [0.2, 0.25) is 5.91 Å². The van der Waals surface area contributed by atoms with Crippen molar-refractivity contribution in [1.82, 2.24) is 10.2 Å². The molecular weight excluding hydrogens is 324 g/mol. The van der Waals surface area contributed by atoms with E-state index in [9.17, 15) is 9.59 Å². The molecular formula is C14H17BrN2O3. The number of benzene rings is 1. The van der Waals surface area contributed by atoms with Crippen molar-refractivity contribution < 1.29 is 14.3 Å². The van der Waals surface area contributed by atoms with Gasteiger partial charge in [0, 0.05) is 30.5 Å². The molecule has 20 heavy (non-hydrogen) atoms. The lowest BCUT2D eigenvalue weighted by atomic mass is 10.2. The van der Waals surface area contributed by atoms with Gasteiger partial charge in [-0.25, -0.2) is 0 Å². The SMILES string of the molecule is COc1cc(Br)ccc1C(=O)N1CCC(NC(C)=O)C1. The Morgan fingerprint density at radius 2 is 2.20 bits per heavy atom. The molecule has 0 saturated carbocycles. The molecule has 0 bridgehead atoms. The number of halogens is 1. The van der Waals surface area contributed by atoms with Gasteiger partial charge in [-0.05, 0) is 24.6 Å². The first kappa shape index (κ1) is 14.8. The predicted octanol–water partition coefficient (Wildman–Crippen LogP) is 1.81. The Balaban J connectivity index is 2.11. The molecule has 1 atom stereocenters. The lowest BCUT2D eigenvalue weighted by molar-refractivity contribution is -0.119. The summed E-state index contributed by atoms with van der Waals surface area (Å²) in [5.74, 6) is 0.417. The Hall–Kier alpha value is -1.56. The van der Waals surface area contributed by atoms with Crippen molar-refractivity contribution in [3.05, 3.63) is 28.2 Å². The summed E-state index contributed by atoms with van der Waals surface area (Å²) in [5, 5.41) is 2.84. The Labute approximate surface area is 126 Å². The summed E-state index contributed by atoms with van der Waals surface area (Å²) < 4.78 is 6.12. The number of nitrogens with one attached hydrogen (secondary N) is 1. The van der Waals surface area contributed by atoms with Crippen LogP contribution in [0.15, 0.2) is 22.7 Å². The van der Waals surface area contributed by atoms with E-state index in [0.717, 1.165) is 10.9 Å². The first-order valence-corrected chi connectivity index (χ1v) is 7.20. The number of carbonyl (C=O) groups is 2. The molecule has 1 aliphatic rings. The minimum atomic E-state index is -0.0674. The summed E-state index contributed by atoms with van der Waals surface area (Å²) in [6.07, 6.45) is 0.782. The van der Waals surface area contributed by atoms with Gasteiger partial charge in [-0.15, -0.1) is 0 Å². The molecule has 6 heteroatoms. The van der Waals surface area contributed by atoms with Crippen LogP contribution < -0.4 is 10.1 Å². The van der Waals surface area contributed by atoms with Crippen molar-refractivity contribution in [1.29, 1.82) is 0 Å². The second kappa shape index (κ2) is 6.26. The zero-order chi connectivity index (χ0) is 14.7. The van der Waals surface area contributed by atoms with Gasteiger partial charge >= 0.3 is 0 Å². The average molecular weight is 341 g/mol. The molecule has 0 spiro atoms. The number of rotatable bonds is 3. The normalized spacial score (nSPS) is 17.9. The fourth-order valence-corrected chi connectivity index (χ4v) is 2.70. The molecule has 0 aliphatic carbocycles. The average Bonchev–Trinajstić information content (AvgIpc) is 2.85. The van der Waals surface area contributed by atoms with Crippen LogP contribution in [0, 0.1) is 0 Å². The summed E-state index contributed by atoms with van der Waals surface area (Å²) in [6, 6.07) is 5.38. The number of nitrogens with zero attached hydrogens (tertiary/aromatic N) is 1. The molecule has 1 aromatic carbocycles. The maximum Gasteiger partial charge on any atom is 0.257 e. The number of likely N-dealkylation sites (tertiary alicyclic amines) is 1. The van der Waals surface area contributed by atoms with E-state index in [2.05, 4.69) is 21.2 Å². The van der Waals surface area contributed by atoms with Gasteiger partial charge < -0.3 is 15.0 Å². The van der Waals surface area contributed by atoms with Gasteiger partial charge in [0.1, 0.15) is 5.75 Å². The van der Waals surface area contributed by atoms with Crippen LogP contribution >= 0.6 is 15.9 Å². The molecule has 0 aromatic heterocycles. The Bertz CT molecular complexity index is 533. The number of methoxy groups -OCH3 is 1. The number of hydrogen-bond donors (Lipinski definition) is 1. The van der Waals surface area contributed by atoms with Crippen molar-refractivity contribution in [2.45, 2.75) is 19.4 Å². The smallest absolute Gasteiger partial charge is 0.257 e. The third kappa shape index (κ3) is 3.30. The quantitative estimate of drug-likeness (QED) is 0.912. The molecule has 1 heterocycles. The molecule has 1 aromatic rings. The number of hydrogen-bond acceptors (Lipinski definition) is 3. The standard InChI is InChI=1S/C14H17BrN2O3/c1-9(18)16-11-5-6-17(8-11)14(19)12-4-3-10(15)7-13(12)20-2/h3-4,7,11H,5-6,8H2,1-2H3,(H,16,18). The Morgan fingerprint density at radius 3 is 2.85 bits per heavy atom. The van der Waals surface area contributed by atoms with Crippen LogP contribution in [0.2, 0.25) is 0 Å². The van der Waals surface area contributed by atoms with Crippen LogP contribution in [0.5, 0.6) is 5.75 Å². The van der Waals surface area contributed by atoms with Crippen LogP contribution in [0.3, 0.4) is 0 Å². The third-order valence-corrected chi connectivity index (χ3v) is 3.77. The minimum absolute atomic E-state index is 0.0397. The second-order valence-corrected chi connectivity index (χ2v) is 5.70. The van der Waals surface area contributed by atoms with Crippen molar-refractivity contribution in [2.24, 2.45) is 0 Å². The topological polar surface area (TPSA) is 58.6 Å². The first-order valence-electron chi connectivity index (χ1n) is 6.41. The Kier molecular flexibility index (Phi) is 4.65. The summed E-state index contributed by atoms with van der Waals surface area (Å²) in [4.78, 5) is 25.3. The Morgan fingerprint density at radius 1 is 1.45 bits per heavy atom. The maximum absolute atomic E-state index is 12.5. The van der Waals surface area contributed by atoms with Crippen LogP contribution in [0.1, 0.15) is 23.7 Å². The first-order chi connectivity index (χ1) is 9.51. The lowest BCUT2D eigenvalue weighted by Gasteiger charge is -2.18. The van der Waals surface area contributed by atoms with Crippen LogP contribution in [-0.4, -0.2) is 43.0 Å². The molecule has 1 N–H and O–H groups in total. The summed E-state index contributed by atoms with van der Waals surface area (Å²) in [5.41, 5.74) is 0.541. The molecule has 108 valence electrons. The molecule has 1 saturated heterocycles. The highest BCUT2D eigenvalue weighted by Crippen LogP contribution is 2.26. The van der Waals surface area contributed by atoms with Crippen molar-refractivity contribution in [2.75, 3.05) is 20.2 Å². The molecule has 1 unspecified atom stereocenters. The van der Waals surface area contributed by atoms with Crippen LogP contribution in [0.4, 0.5) is 0 Å². The maximum atomic E-state index is 12.5. The molecule has 0 radical (unpaired) electrons. The monoisotopic (exact) mass is 340 g/mol. The summed E-state index contributed by atoms with van der Waals surface area (Å²) in [7, 11) is 1.54. The van der Waals surface area contributed by atoms with E-state index >= 15 is 0 Å². The van der Waals surface area contributed by atoms with E-state index in [1.807, 2.05) is 6.07 Å². The van der Waals surface area contributed by atoms with Crippen LogP contribution in [-0.2, 0) is 4.79 Å². The zero-order valence-electron chi connectivity index (χ0n) is 11.5. The van der Waals surface area contributed by atoms with Crippen molar-refractivity contribution in [3.63, 3.8) is 0 Å². The van der Waals surface area contributed by atoms with E-state index < -0.39 is 0 Å². The van der Waals surface area contributed by atoms with E-state index in [1.54, 1.807) is 24.1 Å². The summed E-state index contributed by atoms with van der Waals surface area (Å²) >= 11 is 3.35. The van der Waals surface area contributed by atoms with E-state index in [1.165, 1.54) is 6.92 Å². The van der Waals surface area contributed by atoms with Gasteiger partial charge in [-0.2, -0.15) is 0 Å². The number of carbonyl (C=O) groups excluding carboxylic acids is 2. The largest absolute Gasteiger partial charge is 0.496 e. The van der Waals surface area contributed by atoms with E-state index in [0.29, 0.717) is 24.4 Å². The molecule has 1 aliphatic heterocycles. The number of ether oxygens (including phenoxy) is 1. The van der Waals surface area contributed by atoms with Gasteiger partial charge in [-0.1, -0.05) is 15.9 Å². The van der Waals surface area contributed by atoms with Crippen molar-refractivity contribution in [3.8, 4) is 5.75 Å². The molecule has 2 amide bonds. The van der Waals surface area contributed by atoms with E-state index in [4.69, 9.17) is 4.74 Å². The molecule has 2 rings (SSSR count). The summed E-state index contributed by atoms with van der Waals surface area (Å²) in [6.45, 7) is 2.67. The highest BCUT2D eigenvalue weighted by atomic mass is 79.9. The third-order valence-electron chi connectivity index (χ3n) is 3.28. The fourth-order valence-electron chi connectivity index (χ4n) is 2.36. The zero-order valence-corrected chi connectivity index (χ0v) is 13.1. The molecule has 5 nitrogen and oxygen atoms in total.